The molecule has 2 fully saturated rings. The number of oxime groups is 1. The van der Waals surface area contributed by atoms with Gasteiger partial charge in [0.25, 0.3) is 5.91 Å². The first-order valence-corrected chi connectivity index (χ1v) is 13.5. The van der Waals surface area contributed by atoms with Gasteiger partial charge in [-0.1, -0.05) is 17.3 Å². The molecule has 0 aromatic carbocycles. The summed E-state index contributed by atoms with van der Waals surface area (Å²) >= 11 is 0. The molecule has 1 saturated heterocycles. The number of aromatic nitrogens is 2. The van der Waals surface area contributed by atoms with Gasteiger partial charge in [0.15, 0.2) is 5.71 Å². The van der Waals surface area contributed by atoms with Crippen molar-refractivity contribution in [1.29, 1.82) is 0 Å². The highest BCUT2D eigenvalue weighted by molar-refractivity contribution is 6.40. The van der Waals surface area contributed by atoms with E-state index >= 15 is 0 Å². The van der Waals surface area contributed by atoms with E-state index in [1.807, 2.05) is 15.8 Å². The minimum atomic E-state index is -5.08. The van der Waals surface area contributed by atoms with E-state index in [9.17, 15) is 31.1 Å². The smallest absolute Gasteiger partial charge is 0.475 e. The Labute approximate surface area is 242 Å². The van der Waals surface area contributed by atoms with E-state index in [-0.39, 0.29) is 23.3 Å². The molecular formula is C26H33F6N5O6. The van der Waals surface area contributed by atoms with Crippen LogP contribution in [0.3, 0.4) is 0 Å². The molecule has 0 bridgehead atoms. The van der Waals surface area contributed by atoms with Crippen LogP contribution in [0.25, 0.3) is 0 Å². The van der Waals surface area contributed by atoms with Crippen molar-refractivity contribution in [3.8, 4) is 0 Å². The number of nitrogens with zero attached hydrogens (tertiary/aromatic N) is 5. The lowest BCUT2D eigenvalue weighted by Gasteiger charge is -2.42. The van der Waals surface area contributed by atoms with Crippen molar-refractivity contribution < 1.29 is 55.8 Å². The quantitative estimate of drug-likeness (QED) is 0.380. The van der Waals surface area contributed by atoms with E-state index in [1.54, 1.807) is 0 Å². The Kier molecular flexibility index (Phi) is 10.5. The summed E-state index contributed by atoms with van der Waals surface area (Å²) in [7, 11) is 0. The van der Waals surface area contributed by atoms with Crippen molar-refractivity contribution in [3.05, 3.63) is 30.1 Å². The topological polar surface area (TPSA) is 138 Å². The van der Waals surface area contributed by atoms with Crippen LogP contribution >= 0.6 is 0 Å². The van der Waals surface area contributed by atoms with Crippen molar-refractivity contribution in [1.82, 2.24) is 19.6 Å². The molecule has 11 nitrogen and oxygen atoms in total. The minimum absolute atomic E-state index is 0.0762. The molecule has 2 atom stereocenters. The van der Waals surface area contributed by atoms with E-state index in [2.05, 4.69) is 47.4 Å². The third-order valence-corrected chi connectivity index (χ3v) is 7.79. The molecule has 1 saturated carbocycles. The molecule has 0 radical (unpaired) electrons. The fraction of sp³-hybridized carbons (Fsp3) is 0.654. The molecule has 1 aromatic rings. The van der Waals surface area contributed by atoms with Crippen LogP contribution in [-0.2, 0) is 25.8 Å². The Bertz CT molecular complexity index is 1190. The Morgan fingerprint density at radius 1 is 1.00 bits per heavy atom. The number of amides is 1. The lowest BCUT2D eigenvalue weighted by molar-refractivity contribution is -0.193. The van der Waals surface area contributed by atoms with E-state index in [0.717, 1.165) is 45.3 Å². The van der Waals surface area contributed by atoms with Gasteiger partial charge in [0, 0.05) is 37.4 Å². The number of hydrogen-bond donors (Lipinski definition) is 2. The predicted octanol–water partition coefficient (Wildman–Crippen LogP) is 3.88. The SMILES string of the molecule is CC(C)n1cc(CN2CCC3(CC[C@@H]4ON=C(C(=O)N5CC=CC5)[C@@H]43)CC2)cn1.O=C(O)C(F)(F)F.O=C(O)C(F)(F)F. The van der Waals surface area contributed by atoms with Crippen LogP contribution in [0, 0.1) is 11.3 Å². The zero-order valence-corrected chi connectivity index (χ0v) is 23.4. The number of halogens is 6. The Balaban J connectivity index is 0.000000303. The summed E-state index contributed by atoms with van der Waals surface area (Å²) in [6, 6.07) is 0.396. The number of aliphatic carboxylic acids is 2. The lowest BCUT2D eigenvalue weighted by Crippen LogP contribution is -2.48. The molecule has 1 amide bonds. The summed E-state index contributed by atoms with van der Waals surface area (Å²) in [5.41, 5.74) is 2.13. The van der Waals surface area contributed by atoms with Crippen molar-refractivity contribution in [2.75, 3.05) is 26.2 Å². The molecule has 1 aliphatic carbocycles. The number of carboxylic acid groups (broad SMARTS) is 2. The van der Waals surface area contributed by atoms with E-state index in [1.165, 1.54) is 5.56 Å². The average molecular weight is 626 g/mol. The highest BCUT2D eigenvalue weighted by Gasteiger charge is 2.57. The molecule has 0 unspecified atom stereocenters. The number of piperidine rings is 1. The second-order valence-corrected chi connectivity index (χ2v) is 11.0. The van der Waals surface area contributed by atoms with Crippen LogP contribution in [-0.4, -0.2) is 98.0 Å². The molecular weight excluding hydrogens is 592 g/mol. The van der Waals surface area contributed by atoms with Gasteiger partial charge < -0.3 is 20.0 Å². The van der Waals surface area contributed by atoms with E-state index < -0.39 is 24.3 Å². The Morgan fingerprint density at radius 3 is 2.00 bits per heavy atom. The molecule has 4 aliphatic rings. The molecule has 17 heteroatoms. The van der Waals surface area contributed by atoms with E-state index in [4.69, 9.17) is 24.6 Å². The standard InChI is InChI=1S/C22H31N5O2.2C2HF3O2/c1-16(2)27-15-17(13-23-27)14-25-11-7-22(8-12-25)6-5-18-19(22)20(24-29-18)21(28)26-9-3-4-10-26;2*3-2(4,5)1(6)7/h3-4,13,15-16,18-19H,5-12,14H2,1-2H3;2*(H,6,7)/t18-,19+;;/m0../s1. The Morgan fingerprint density at radius 2 is 1.53 bits per heavy atom. The summed E-state index contributed by atoms with van der Waals surface area (Å²) in [5, 5.41) is 23.0. The monoisotopic (exact) mass is 625 g/mol. The number of alkyl halides is 6. The molecule has 240 valence electrons. The fourth-order valence-electron chi connectivity index (χ4n) is 5.60. The number of carbonyl (C=O) groups excluding carboxylic acids is 1. The molecule has 3 aliphatic heterocycles. The first-order chi connectivity index (χ1) is 19.9. The molecule has 4 heterocycles. The normalized spacial score (nSPS) is 22.7. The number of carbonyl (C=O) groups is 3. The average Bonchev–Trinajstić information content (AvgIpc) is 3.72. The van der Waals surface area contributed by atoms with Crippen molar-refractivity contribution in [3.63, 3.8) is 0 Å². The van der Waals surface area contributed by atoms with Gasteiger partial charge in [-0.05, 0) is 58.0 Å². The third-order valence-electron chi connectivity index (χ3n) is 7.79. The van der Waals surface area contributed by atoms with Gasteiger partial charge in [0.1, 0.15) is 6.10 Å². The summed E-state index contributed by atoms with van der Waals surface area (Å²) in [5.74, 6) is -5.27. The summed E-state index contributed by atoms with van der Waals surface area (Å²) in [4.78, 5) is 41.0. The van der Waals surface area contributed by atoms with Gasteiger partial charge in [-0.15, -0.1) is 0 Å². The zero-order chi connectivity index (χ0) is 32.2. The van der Waals surface area contributed by atoms with Gasteiger partial charge in [-0.3, -0.25) is 14.4 Å². The van der Waals surface area contributed by atoms with Crippen LogP contribution in [0.4, 0.5) is 26.3 Å². The largest absolute Gasteiger partial charge is 0.490 e. The molecule has 1 spiro atoms. The van der Waals surface area contributed by atoms with Crippen LogP contribution in [0.15, 0.2) is 29.7 Å². The summed E-state index contributed by atoms with van der Waals surface area (Å²) in [6.45, 7) is 8.76. The number of fused-ring (bicyclic) bond motifs is 2. The molecule has 5 rings (SSSR count). The fourth-order valence-corrected chi connectivity index (χ4v) is 5.60. The second-order valence-electron chi connectivity index (χ2n) is 11.0. The number of carboxylic acids is 2. The van der Waals surface area contributed by atoms with E-state index in [0.29, 0.717) is 24.8 Å². The van der Waals surface area contributed by atoms with Gasteiger partial charge in [-0.2, -0.15) is 31.4 Å². The molecule has 2 N–H and O–H groups in total. The number of likely N-dealkylation sites (tertiary alicyclic amines) is 1. The predicted molar refractivity (Wildman–Crippen MR) is 138 cm³/mol. The Hall–Kier alpha value is -3.63. The number of hydrogen-bond acceptors (Lipinski definition) is 7. The van der Waals surface area contributed by atoms with Crippen LogP contribution in [0.2, 0.25) is 0 Å². The highest BCUT2D eigenvalue weighted by Crippen LogP contribution is 2.54. The number of rotatable bonds is 4. The first-order valence-electron chi connectivity index (χ1n) is 13.5. The van der Waals surface area contributed by atoms with Crippen LogP contribution < -0.4 is 0 Å². The molecule has 1 aromatic heterocycles. The zero-order valence-electron chi connectivity index (χ0n) is 23.4. The lowest BCUT2D eigenvalue weighted by atomic mass is 9.68. The van der Waals surface area contributed by atoms with Gasteiger partial charge >= 0.3 is 24.3 Å². The van der Waals surface area contributed by atoms with Gasteiger partial charge in [-0.25, -0.2) is 9.59 Å². The third kappa shape index (κ3) is 8.48. The maximum Gasteiger partial charge on any atom is 0.490 e. The summed E-state index contributed by atoms with van der Waals surface area (Å²) in [6.07, 6.45) is 2.58. The van der Waals surface area contributed by atoms with Gasteiger partial charge in [0.05, 0.1) is 12.1 Å². The molecule has 43 heavy (non-hydrogen) atoms. The van der Waals surface area contributed by atoms with Gasteiger partial charge in [0.2, 0.25) is 0 Å². The van der Waals surface area contributed by atoms with Crippen molar-refractivity contribution >= 4 is 23.6 Å². The highest BCUT2D eigenvalue weighted by atomic mass is 19.4. The minimum Gasteiger partial charge on any atom is -0.475 e. The first kappa shape index (κ1) is 33.9. The van der Waals surface area contributed by atoms with Crippen LogP contribution in [0.5, 0.6) is 0 Å². The van der Waals surface area contributed by atoms with Crippen molar-refractivity contribution in [2.45, 2.75) is 70.6 Å². The summed E-state index contributed by atoms with van der Waals surface area (Å²) < 4.78 is 65.5. The second kappa shape index (κ2) is 13.3. The maximum atomic E-state index is 13.0. The maximum absolute atomic E-state index is 13.0. The van der Waals surface area contributed by atoms with Crippen molar-refractivity contribution in [2.24, 2.45) is 16.5 Å². The van der Waals surface area contributed by atoms with Crippen LogP contribution in [0.1, 0.15) is 51.1 Å².